The van der Waals surface area contributed by atoms with Crippen molar-refractivity contribution in [3.8, 4) is 11.3 Å². The third-order valence-electron chi connectivity index (χ3n) is 4.80. The molecule has 1 saturated heterocycles. The van der Waals surface area contributed by atoms with E-state index in [1.165, 1.54) is 19.4 Å². The van der Waals surface area contributed by atoms with Gasteiger partial charge in [0.05, 0.1) is 12.2 Å². The number of nitrogens with zero attached hydrogens (tertiary/aromatic N) is 4. The molecule has 142 valence electrons. The number of likely N-dealkylation sites (N-methyl/N-ethyl adjacent to an activating group) is 1. The molecule has 2 heterocycles. The molecule has 1 aliphatic rings. The number of benzene rings is 1. The Morgan fingerprint density at radius 2 is 2.12 bits per heavy atom. The molecule has 1 aromatic carbocycles. The molecule has 0 radical (unpaired) electrons. The van der Waals surface area contributed by atoms with Crippen molar-refractivity contribution in [1.82, 2.24) is 20.0 Å². The fourth-order valence-electron chi connectivity index (χ4n) is 3.48. The minimum Gasteiger partial charge on any atom is -0.370 e. The number of aromatic nitrogens is 2. The van der Waals surface area contributed by atoms with E-state index in [9.17, 15) is 0 Å². The lowest BCUT2D eigenvalue weighted by Gasteiger charge is -2.23. The first-order chi connectivity index (χ1) is 12.2. The van der Waals surface area contributed by atoms with Crippen molar-refractivity contribution in [2.24, 2.45) is 17.8 Å². The number of guanidine groups is 1. The quantitative estimate of drug-likeness (QED) is 0.389. The van der Waals surface area contributed by atoms with E-state index >= 15 is 0 Å². The van der Waals surface area contributed by atoms with Crippen LogP contribution in [-0.2, 0) is 13.6 Å². The second kappa shape index (κ2) is 9.91. The maximum absolute atomic E-state index is 6.08. The molecule has 0 spiro atoms. The molecule has 0 aliphatic carbocycles. The van der Waals surface area contributed by atoms with Crippen LogP contribution in [0.1, 0.15) is 25.3 Å². The van der Waals surface area contributed by atoms with E-state index < -0.39 is 0 Å². The highest BCUT2D eigenvalue weighted by Crippen LogP contribution is 2.22. The molecule has 7 heteroatoms. The van der Waals surface area contributed by atoms with Gasteiger partial charge in [-0.15, -0.1) is 24.0 Å². The smallest absolute Gasteiger partial charge is 0.188 e. The Kier molecular flexibility index (Phi) is 7.89. The molecule has 6 nitrogen and oxygen atoms in total. The summed E-state index contributed by atoms with van der Waals surface area (Å²) >= 11 is 0. The summed E-state index contributed by atoms with van der Waals surface area (Å²) in [7, 11) is 1.93. The predicted octanol–water partition coefficient (Wildman–Crippen LogP) is 2.59. The van der Waals surface area contributed by atoms with Crippen LogP contribution in [0.4, 0.5) is 0 Å². The fourth-order valence-corrected chi connectivity index (χ4v) is 3.48. The molecule has 2 aromatic rings. The Morgan fingerprint density at radius 1 is 1.35 bits per heavy atom. The lowest BCUT2D eigenvalue weighted by molar-refractivity contribution is 0.267. The van der Waals surface area contributed by atoms with E-state index in [2.05, 4.69) is 39.4 Å². The van der Waals surface area contributed by atoms with E-state index in [0.717, 1.165) is 29.9 Å². The third-order valence-corrected chi connectivity index (χ3v) is 4.80. The minimum absolute atomic E-state index is 0. The first-order valence-corrected chi connectivity index (χ1v) is 9.03. The average Bonchev–Trinajstić information content (AvgIpc) is 3.24. The summed E-state index contributed by atoms with van der Waals surface area (Å²) in [6.45, 7) is 5.89. The summed E-state index contributed by atoms with van der Waals surface area (Å²) < 4.78 is 1.83. The normalized spacial score (nSPS) is 17.9. The zero-order valence-electron chi connectivity index (χ0n) is 15.6. The van der Waals surface area contributed by atoms with Crippen molar-refractivity contribution in [2.45, 2.75) is 32.4 Å². The molecule has 1 aromatic heterocycles. The Morgan fingerprint density at radius 3 is 2.85 bits per heavy atom. The van der Waals surface area contributed by atoms with Crippen LogP contribution in [0.25, 0.3) is 11.3 Å². The number of halogens is 1. The minimum atomic E-state index is 0. The van der Waals surface area contributed by atoms with Crippen LogP contribution < -0.4 is 11.1 Å². The Bertz CT molecular complexity index is 712. The lowest BCUT2D eigenvalue weighted by atomic mass is 10.1. The Labute approximate surface area is 172 Å². The molecule has 0 bridgehead atoms. The molecular formula is C19H29IN6. The Hall–Kier alpha value is -1.61. The van der Waals surface area contributed by atoms with Gasteiger partial charge < -0.3 is 11.1 Å². The van der Waals surface area contributed by atoms with Gasteiger partial charge in [-0.25, -0.2) is 4.99 Å². The first kappa shape index (κ1) is 20.7. The van der Waals surface area contributed by atoms with Crippen molar-refractivity contribution in [3.63, 3.8) is 0 Å². The number of aliphatic imine (C=N–C) groups is 1. The van der Waals surface area contributed by atoms with Crippen LogP contribution in [0, 0.1) is 0 Å². The van der Waals surface area contributed by atoms with Crippen LogP contribution in [0.5, 0.6) is 0 Å². The molecule has 1 aliphatic heterocycles. The second-order valence-corrected chi connectivity index (χ2v) is 6.55. The number of likely N-dealkylation sites (tertiary alicyclic amines) is 1. The van der Waals surface area contributed by atoms with Crippen LogP contribution in [0.15, 0.2) is 41.5 Å². The topological polar surface area (TPSA) is 71.5 Å². The van der Waals surface area contributed by atoms with Crippen molar-refractivity contribution in [1.29, 1.82) is 0 Å². The maximum atomic E-state index is 6.08. The second-order valence-electron chi connectivity index (χ2n) is 6.55. The monoisotopic (exact) mass is 468 g/mol. The number of hydrogen-bond acceptors (Lipinski definition) is 3. The average molecular weight is 468 g/mol. The third kappa shape index (κ3) is 5.20. The molecular weight excluding hydrogens is 439 g/mol. The van der Waals surface area contributed by atoms with Crippen molar-refractivity contribution in [2.75, 3.05) is 19.6 Å². The molecule has 1 unspecified atom stereocenters. The van der Waals surface area contributed by atoms with E-state index in [1.807, 2.05) is 36.1 Å². The van der Waals surface area contributed by atoms with E-state index in [-0.39, 0.29) is 24.0 Å². The van der Waals surface area contributed by atoms with Gasteiger partial charge in [0.1, 0.15) is 0 Å². The highest BCUT2D eigenvalue weighted by molar-refractivity contribution is 14.0. The van der Waals surface area contributed by atoms with Gasteiger partial charge in [0, 0.05) is 37.0 Å². The van der Waals surface area contributed by atoms with Crippen LogP contribution >= 0.6 is 24.0 Å². The van der Waals surface area contributed by atoms with Crippen LogP contribution in [-0.4, -0.2) is 46.3 Å². The SMILES string of the molecule is CCN1CCCC1CNC(N)=NCc1cn(C)nc1-c1ccccc1.I. The van der Waals surface area contributed by atoms with E-state index in [0.29, 0.717) is 18.5 Å². The lowest BCUT2D eigenvalue weighted by Crippen LogP contribution is -2.42. The molecule has 0 saturated carbocycles. The zero-order chi connectivity index (χ0) is 17.6. The number of nitrogens with two attached hydrogens (primary N) is 1. The molecule has 26 heavy (non-hydrogen) atoms. The number of aryl methyl sites for hydroxylation is 1. The standard InChI is InChI=1S/C19H28N6.HI/c1-3-25-11-7-10-17(25)13-22-19(20)21-12-16-14-24(2)23-18(16)15-8-5-4-6-9-15;/h4-6,8-9,14,17H,3,7,10-13H2,1-2H3,(H3,20,21,22);1H. The molecule has 0 amide bonds. The number of nitrogens with one attached hydrogen (secondary N) is 1. The highest BCUT2D eigenvalue weighted by Gasteiger charge is 2.22. The van der Waals surface area contributed by atoms with E-state index in [4.69, 9.17) is 5.73 Å². The first-order valence-electron chi connectivity index (χ1n) is 9.03. The van der Waals surface area contributed by atoms with Gasteiger partial charge in [-0.05, 0) is 25.9 Å². The van der Waals surface area contributed by atoms with Crippen molar-refractivity contribution >= 4 is 29.9 Å². The van der Waals surface area contributed by atoms with Gasteiger partial charge in [0.25, 0.3) is 0 Å². The van der Waals surface area contributed by atoms with Gasteiger partial charge >= 0.3 is 0 Å². The Balaban J connectivity index is 0.00000243. The largest absolute Gasteiger partial charge is 0.370 e. The van der Waals surface area contributed by atoms with E-state index in [1.54, 1.807) is 0 Å². The summed E-state index contributed by atoms with van der Waals surface area (Å²) in [4.78, 5) is 7.01. The molecule has 3 N–H and O–H groups in total. The number of rotatable bonds is 6. The van der Waals surface area contributed by atoms with Crippen LogP contribution in [0.3, 0.4) is 0 Å². The predicted molar refractivity (Wildman–Crippen MR) is 118 cm³/mol. The summed E-state index contributed by atoms with van der Waals surface area (Å²) in [6, 6.07) is 10.8. The summed E-state index contributed by atoms with van der Waals surface area (Å²) in [5.41, 5.74) is 9.22. The zero-order valence-corrected chi connectivity index (χ0v) is 17.9. The fraction of sp³-hybridized carbons (Fsp3) is 0.474. The van der Waals surface area contributed by atoms with Crippen molar-refractivity contribution in [3.05, 3.63) is 42.1 Å². The summed E-state index contributed by atoms with van der Waals surface area (Å²) in [5.74, 6) is 0.505. The van der Waals surface area contributed by atoms with Gasteiger partial charge in [-0.1, -0.05) is 37.3 Å². The van der Waals surface area contributed by atoms with Gasteiger partial charge in [0.2, 0.25) is 0 Å². The maximum Gasteiger partial charge on any atom is 0.188 e. The molecule has 1 fully saturated rings. The molecule has 3 rings (SSSR count). The van der Waals surface area contributed by atoms with Crippen LogP contribution in [0.2, 0.25) is 0 Å². The highest BCUT2D eigenvalue weighted by atomic mass is 127. The van der Waals surface area contributed by atoms with Gasteiger partial charge in [0.15, 0.2) is 5.96 Å². The van der Waals surface area contributed by atoms with Gasteiger partial charge in [-0.3, -0.25) is 9.58 Å². The number of hydrogen-bond donors (Lipinski definition) is 2. The summed E-state index contributed by atoms with van der Waals surface area (Å²) in [6.07, 6.45) is 4.51. The summed E-state index contributed by atoms with van der Waals surface area (Å²) in [5, 5.41) is 7.85. The van der Waals surface area contributed by atoms with Gasteiger partial charge in [-0.2, -0.15) is 5.10 Å². The molecule has 1 atom stereocenters. The van der Waals surface area contributed by atoms with Crippen molar-refractivity contribution < 1.29 is 0 Å².